The summed E-state index contributed by atoms with van der Waals surface area (Å²) in [5.74, 6) is -1.91. The molecule has 35 heavy (non-hydrogen) atoms. The van der Waals surface area contributed by atoms with Gasteiger partial charge in [-0.05, 0) is 41.5 Å². The number of benzene rings is 2. The van der Waals surface area contributed by atoms with Gasteiger partial charge >= 0.3 is 12.1 Å². The quantitative estimate of drug-likeness (QED) is 0.563. The first-order valence-electron chi connectivity index (χ1n) is 12.2. The second kappa shape index (κ2) is 10.1. The molecule has 3 N–H and O–H groups in total. The fourth-order valence-corrected chi connectivity index (χ4v) is 5.61. The monoisotopic (exact) mass is 478 g/mol. The minimum Gasteiger partial charge on any atom is -0.481 e. The Kier molecular flexibility index (Phi) is 6.72. The first-order chi connectivity index (χ1) is 17.0. The zero-order chi connectivity index (χ0) is 24.4. The largest absolute Gasteiger partial charge is 0.481 e. The van der Waals surface area contributed by atoms with Gasteiger partial charge in [0.05, 0.1) is 24.5 Å². The highest BCUT2D eigenvalue weighted by Crippen LogP contribution is 2.44. The Morgan fingerprint density at radius 1 is 1.00 bits per heavy atom. The van der Waals surface area contributed by atoms with E-state index in [0.717, 1.165) is 17.5 Å². The number of hydrogen-bond donors (Lipinski definition) is 3. The number of nitrogens with one attached hydrogen (secondary N) is 2. The molecule has 2 aromatic carbocycles. The number of carboxylic acid groups (broad SMARTS) is 1. The molecule has 2 unspecified atom stereocenters. The van der Waals surface area contributed by atoms with Gasteiger partial charge in [-0.15, -0.1) is 0 Å². The molecular weight excluding hydrogens is 448 g/mol. The normalized spacial score (nSPS) is 25.0. The molecule has 2 fully saturated rings. The maximum atomic E-state index is 12.6. The average molecular weight is 479 g/mol. The van der Waals surface area contributed by atoms with Crippen molar-refractivity contribution < 1.29 is 29.0 Å². The van der Waals surface area contributed by atoms with E-state index in [4.69, 9.17) is 9.47 Å². The van der Waals surface area contributed by atoms with Crippen LogP contribution in [0.25, 0.3) is 11.1 Å². The van der Waals surface area contributed by atoms with Crippen LogP contribution in [0.5, 0.6) is 0 Å². The number of amides is 2. The average Bonchev–Trinajstić information content (AvgIpc) is 3.59. The molecule has 1 saturated carbocycles. The number of alkyl carbamates (subject to hydrolysis) is 1. The third kappa shape index (κ3) is 4.89. The van der Waals surface area contributed by atoms with Gasteiger partial charge in [0, 0.05) is 18.5 Å². The first kappa shape index (κ1) is 23.4. The van der Waals surface area contributed by atoms with Gasteiger partial charge in [0.15, 0.2) is 0 Å². The number of carbonyl (C=O) groups excluding carboxylic acids is 2. The van der Waals surface area contributed by atoms with Crippen LogP contribution in [0.4, 0.5) is 4.79 Å². The third-order valence-corrected chi connectivity index (χ3v) is 7.43. The molecule has 1 saturated heterocycles. The van der Waals surface area contributed by atoms with Crippen molar-refractivity contribution in [1.29, 1.82) is 0 Å². The Morgan fingerprint density at radius 2 is 1.69 bits per heavy atom. The summed E-state index contributed by atoms with van der Waals surface area (Å²) in [6.07, 6.45) is 1.75. The summed E-state index contributed by atoms with van der Waals surface area (Å²) in [4.78, 5) is 36.4. The van der Waals surface area contributed by atoms with Crippen molar-refractivity contribution >= 4 is 18.0 Å². The molecule has 8 heteroatoms. The molecule has 184 valence electrons. The Balaban J connectivity index is 1.08. The van der Waals surface area contributed by atoms with E-state index in [1.807, 2.05) is 24.3 Å². The van der Waals surface area contributed by atoms with Crippen LogP contribution < -0.4 is 10.6 Å². The summed E-state index contributed by atoms with van der Waals surface area (Å²) in [6, 6.07) is 16.0. The molecule has 0 radical (unpaired) electrons. The molecule has 4 atom stereocenters. The number of rotatable bonds is 7. The van der Waals surface area contributed by atoms with E-state index in [1.54, 1.807) is 0 Å². The van der Waals surface area contributed by atoms with Crippen LogP contribution in [0.1, 0.15) is 42.7 Å². The predicted octanol–water partition coefficient (Wildman–Crippen LogP) is 3.30. The molecule has 2 aliphatic carbocycles. The standard InChI is InChI=1S/C27H30N2O6/c30-25(29-24-11-5-10-22(24)26(31)32)16-12-17(34-14-16)13-28-27(33)35-15-23-20-8-3-1-6-18(20)19-7-2-4-9-21(19)23/h1-4,6-9,16-17,22-24H,5,10-15H2,(H,28,33)(H,29,30)(H,31,32)/t16-,17-,22?,24?/m0/s1. The fraction of sp³-hybridized carbons (Fsp3) is 0.444. The van der Waals surface area contributed by atoms with Crippen LogP contribution in [0, 0.1) is 11.8 Å². The Labute approximate surface area is 204 Å². The van der Waals surface area contributed by atoms with Crippen molar-refractivity contribution in [2.45, 2.75) is 43.7 Å². The first-order valence-corrected chi connectivity index (χ1v) is 12.2. The third-order valence-electron chi connectivity index (χ3n) is 7.43. The van der Waals surface area contributed by atoms with Gasteiger partial charge < -0.3 is 25.2 Å². The summed E-state index contributed by atoms with van der Waals surface area (Å²) in [5.41, 5.74) is 4.66. The van der Waals surface area contributed by atoms with Crippen molar-refractivity contribution in [1.82, 2.24) is 10.6 Å². The molecular formula is C27H30N2O6. The number of carbonyl (C=O) groups is 3. The van der Waals surface area contributed by atoms with Gasteiger partial charge in [-0.1, -0.05) is 55.0 Å². The van der Waals surface area contributed by atoms with Gasteiger partial charge in [-0.25, -0.2) is 4.79 Å². The Morgan fingerprint density at radius 3 is 2.37 bits per heavy atom. The zero-order valence-electron chi connectivity index (χ0n) is 19.4. The van der Waals surface area contributed by atoms with Gasteiger partial charge in [-0.3, -0.25) is 9.59 Å². The minimum absolute atomic E-state index is 0.00540. The second-order valence-corrected chi connectivity index (χ2v) is 9.59. The van der Waals surface area contributed by atoms with Crippen molar-refractivity contribution in [3.8, 4) is 11.1 Å². The van der Waals surface area contributed by atoms with Gasteiger partial charge in [-0.2, -0.15) is 0 Å². The van der Waals surface area contributed by atoms with E-state index in [2.05, 4.69) is 34.9 Å². The smallest absolute Gasteiger partial charge is 0.407 e. The molecule has 0 spiro atoms. The minimum atomic E-state index is -0.861. The van der Waals surface area contributed by atoms with E-state index in [1.165, 1.54) is 11.1 Å². The molecule has 2 aromatic rings. The van der Waals surface area contributed by atoms with E-state index in [-0.39, 0.29) is 49.6 Å². The topological polar surface area (TPSA) is 114 Å². The summed E-state index contributed by atoms with van der Waals surface area (Å²) < 4.78 is 11.3. The lowest BCUT2D eigenvalue weighted by Gasteiger charge is -2.19. The lowest BCUT2D eigenvalue weighted by molar-refractivity contribution is -0.142. The van der Waals surface area contributed by atoms with Crippen molar-refractivity contribution in [3.63, 3.8) is 0 Å². The molecule has 1 aliphatic heterocycles. The van der Waals surface area contributed by atoms with Crippen LogP contribution in [-0.4, -0.2) is 55.0 Å². The number of fused-ring (bicyclic) bond motifs is 3. The van der Waals surface area contributed by atoms with Crippen molar-refractivity contribution in [2.24, 2.45) is 11.8 Å². The highest BCUT2D eigenvalue weighted by atomic mass is 16.5. The van der Waals surface area contributed by atoms with Crippen LogP contribution in [-0.2, 0) is 19.1 Å². The Hall–Kier alpha value is -3.39. The summed E-state index contributed by atoms with van der Waals surface area (Å²) in [7, 11) is 0. The molecule has 0 aromatic heterocycles. The number of hydrogen-bond acceptors (Lipinski definition) is 5. The fourth-order valence-electron chi connectivity index (χ4n) is 5.61. The van der Waals surface area contributed by atoms with Gasteiger partial charge in [0.1, 0.15) is 6.61 Å². The van der Waals surface area contributed by atoms with Gasteiger partial charge in [0.25, 0.3) is 0 Å². The maximum absolute atomic E-state index is 12.6. The highest BCUT2D eigenvalue weighted by Gasteiger charge is 2.37. The van der Waals surface area contributed by atoms with Crippen LogP contribution in [0.15, 0.2) is 48.5 Å². The number of carboxylic acids is 1. The van der Waals surface area contributed by atoms with Crippen molar-refractivity contribution in [2.75, 3.05) is 19.8 Å². The summed E-state index contributed by atoms with van der Waals surface area (Å²) in [6.45, 7) is 0.748. The molecule has 3 aliphatic rings. The SMILES string of the molecule is O=C(NC[C@@H]1C[C@H](C(=O)NC2CCCC2C(=O)O)CO1)OCC1c2ccccc2-c2ccccc21. The summed E-state index contributed by atoms with van der Waals surface area (Å²) >= 11 is 0. The maximum Gasteiger partial charge on any atom is 0.407 e. The van der Waals surface area contributed by atoms with Gasteiger partial charge in [0.2, 0.25) is 5.91 Å². The van der Waals surface area contributed by atoms with E-state index in [0.29, 0.717) is 19.3 Å². The highest BCUT2D eigenvalue weighted by molar-refractivity contribution is 5.81. The van der Waals surface area contributed by atoms with E-state index in [9.17, 15) is 19.5 Å². The van der Waals surface area contributed by atoms with E-state index < -0.39 is 18.0 Å². The van der Waals surface area contributed by atoms with Crippen LogP contribution in [0.2, 0.25) is 0 Å². The second-order valence-electron chi connectivity index (χ2n) is 9.59. The number of ether oxygens (including phenoxy) is 2. The molecule has 2 amide bonds. The molecule has 0 bridgehead atoms. The van der Waals surface area contributed by atoms with Crippen LogP contribution >= 0.6 is 0 Å². The predicted molar refractivity (Wildman–Crippen MR) is 128 cm³/mol. The molecule has 5 rings (SSSR count). The molecule has 8 nitrogen and oxygen atoms in total. The summed E-state index contributed by atoms with van der Waals surface area (Å²) in [5, 5.41) is 15.0. The number of aliphatic carboxylic acids is 1. The van der Waals surface area contributed by atoms with Crippen LogP contribution in [0.3, 0.4) is 0 Å². The zero-order valence-corrected chi connectivity index (χ0v) is 19.4. The van der Waals surface area contributed by atoms with Crippen molar-refractivity contribution in [3.05, 3.63) is 59.7 Å². The van der Waals surface area contributed by atoms with E-state index >= 15 is 0 Å². The lowest BCUT2D eigenvalue weighted by Crippen LogP contribution is -2.43. The lowest BCUT2D eigenvalue weighted by atomic mass is 9.98. The molecule has 1 heterocycles. The Bertz CT molecular complexity index is 1070.